The van der Waals surface area contributed by atoms with E-state index in [9.17, 15) is 9.18 Å². The molecule has 1 unspecified atom stereocenters. The van der Waals surface area contributed by atoms with Gasteiger partial charge in [-0.05, 0) is 37.1 Å². The summed E-state index contributed by atoms with van der Waals surface area (Å²) in [5, 5.41) is 5.22. The third-order valence-electron chi connectivity index (χ3n) is 5.83. The van der Waals surface area contributed by atoms with E-state index in [1.54, 1.807) is 23.7 Å². The molecule has 0 radical (unpaired) electrons. The number of carbonyl (C=O) groups is 1. The number of rotatable bonds is 5. The Kier molecular flexibility index (Phi) is 6.04. The van der Waals surface area contributed by atoms with E-state index in [4.69, 9.17) is 10.7 Å². The van der Waals surface area contributed by atoms with Crippen LogP contribution in [0.15, 0.2) is 18.2 Å². The summed E-state index contributed by atoms with van der Waals surface area (Å²) in [5.74, 6) is 1.20. The molecular formula is C22H27FN6OS. The second-order valence-corrected chi connectivity index (χ2v) is 9.14. The molecule has 9 heteroatoms. The number of aryl methyl sites for hydroxylation is 1. The first-order chi connectivity index (χ1) is 14.9. The van der Waals surface area contributed by atoms with Crippen LogP contribution in [0.1, 0.15) is 48.1 Å². The summed E-state index contributed by atoms with van der Waals surface area (Å²) < 4.78 is 15.4. The zero-order valence-corrected chi connectivity index (χ0v) is 18.9. The molecule has 164 valence electrons. The van der Waals surface area contributed by atoms with Gasteiger partial charge in [0.05, 0.1) is 5.69 Å². The smallest absolute Gasteiger partial charge is 0.244 e. The summed E-state index contributed by atoms with van der Waals surface area (Å²) in [5.41, 5.74) is 8.12. The summed E-state index contributed by atoms with van der Waals surface area (Å²) in [4.78, 5) is 25.3. The molecule has 0 saturated carbocycles. The Morgan fingerprint density at radius 3 is 2.81 bits per heavy atom. The van der Waals surface area contributed by atoms with Crippen LogP contribution in [-0.4, -0.2) is 43.6 Å². The van der Waals surface area contributed by atoms with Crippen LogP contribution in [0.4, 0.5) is 9.52 Å². The van der Waals surface area contributed by atoms with Crippen LogP contribution in [-0.2, 0) is 24.2 Å². The van der Waals surface area contributed by atoms with Gasteiger partial charge in [-0.15, -0.1) is 11.3 Å². The van der Waals surface area contributed by atoms with Crippen molar-refractivity contribution in [2.75, 3.05) is 18.8 Å². The number of nitrogen functional groups attached to an aromatic ring is 1. The normalized spacial score (nSPS) is 14.9. The number of carbonyl (C=O) groups excluding carboxylic acids is 1. The number of anilines is 1. The molecule has 3 aromatic rings. The van der Waals surface area contributed by atoms with Gasteiger partial charge in [0.25, 0.3) is 0 Å². The van der Waals surface area contributed by atoms with Gasteiger partial charge in [-0.3, -0.25) is 4.79 Å². The van der Waals surface area contributed by atoms with Crippen LogP contribution in [0.2, 0.25) is 0 Å². The van der Waals surface area contributed by atoms with E-state index in [0.29, 0.717) is 36.0 Å². The van der Waals surface area contributed by atoms with Crippen molar-refractivity contribution in [1.82, 2.24) is 24.6 Å². The van der Waals surface area contributed by atoms with Gasteiger partial charge in [-0.25, -0.2) is 19.0 Å². The molecule has 0 bridgehead atoms. The first-order valence-corrected chi connectivity index (χ1v) is 11.4. The molecule has 4 rings (SSSR count). The topological polar surface area (TPSA) is 89.9 Å². The lowest BCUT2D eigenvalue weighted by Crippen LogP contribution is -2.36. The monoisotopic (exact) mass is 442 g/mol. The maximum Gasteiger partial charge on any atom is 0.244 e. The number of hydrogen-bond donors (Lipinski definition) is 1. The Hall–Kier alpha value is -2.81. The van der Waals surface area contributed by atoms with Crippen LogP contribution < -0.4 is 5.73 Å². The maximum absolute atomic E-state index is 13.7. The third kappa shape index (κ3) is 4.46. The highest BCUT2D eigenvalue weighted by atomic mass is 32.1. The summed E-state index contributed by atoms with van der Waals surface area (Å²) in [7, 11) is 0. The Labute approximate surface area is 185 Å². The quantitative estimate of drug-likeness (QED) is 0.652. The predicted molar refractivity (Wildman–Crippen MR) is 119 cm³/mol. The Morgan fingerprint density at radius 1 is 1.29 bits per heavy atom. The standard InChI is InChI=1S/C22H27FN6OS/c1-4-13(2)21-26-20(15-5-6-16(23)14(3)11-15)27-29(21)12-19(30)28-9-7-17-18(8-10-28)31-22(24)25-17/h5-6,11,13H,4,7-10,12H2,1-3H3,(H2,24,25). The molecule has 0 spiro atoms. The minimum atomic E-state index is -0.258. The van der Waals surface area contributed by atoms with Crippen molar-refractivity contribution in [3.63, 3.8) is 0 Å². The summed E-state index contributed by atoms with van der Waals surface area (Å²) in [6, 6.07) is 4.84. The van der Waals surface area contributed by atoms with Crippen LogP contribution >= 0.6 is 11.3 Å². The number of nitrogens with two attached hydrogens (primary N) is 1. The number of nitrogens with zero attached hydrogens (tertiary/aromatic N) is 5. The second kappa shape index (κ2) is 8.74. The number of amides is 1. The fourth-order valence-electron chi connectivity index (χ4n) is 3.78. The number of halogens is 1. The lowest BCUT2D eigenvalue weighted by molar-refractivity contribution is -0.132. The molecule has 2 N–H and O–H groups in total. The van der Waals surface area contributed by atoms with E-state index in [2.05, 4.69) is 23.9 Å². The van der Waals surface area contributed by atoms with Gasteiger partial charge in [-0.1, -0.05) is 13.8 Å². The highest BCUT2D eigenvalue weighted by molar-refractivity contribution is 7.15. The van der Waals surface area contributed by atoms with Crippen LogP contribution in [0.25, 0.3) is 11.4 Å². The highest BCUT2D eigenvalue weighted by Crippen LogP contribution is 2.26. The molecule has 1 aromatic carbocycles. The van der Waals surface area contributed by atoms with E-state index in [0.717, 1.165) is 29.9 Å². The van der Waals surface area contributed by atoms with Crippen LogP contribution in [0.5, 0.6) is 0 Å². The van der Waals surface area contributed by atoms with Crippen molar-refractivity contribution in [3.8, 4) is 11.4 Å². The fourth-order valence-corrected chi connectivity index (χ4v) is 4.65. The van der Waals surface area contributed by atoms with Crippen molar-refractivity contribution >= 4 is 22.4 Å². The van der Waals surface area contributed by atoms with E-state index >= 15 is 0 Å². The van der Waals surface area contributed by atoms with E-state index in [1.165, 1.54) is 22.3 Å². The first-order valence-electron chi connectivity index (χ1n) is 10.6. The highest BCUT2D eigenvalue weighted by Gasteiger charge is 2.24. The first kappa shape index (κ1) is 21.4. The van der Waals surface area contributed by atoms with Gasteiger partial charge in [0, 0.05) is 42.3 Å². The van der Waals surface area contributed by atoms with Gasteiger partial charge in [-0.2, -0.15) is 5.10 Å². The van der Waals surface area contributed by atoms with E-state index < -0.39 is 0 Å². The SMILES string of the molecule is CCC(C)c1nc(-c2ccc(F)c(C)c2)nn1CC(=O)N1CCc2nc(N)sc2CC1. The third-order valence-corrected chi connectivity index (χ3v) is 6.82. The lowest BCUT2D eigenvalue weighted by atomic mass is 10.1. The number of thiazole rings is 1. The summed E-state index contributed by atoms with van der Waals surface area (Å²) >= 11 is 1.51. The molecule has 2 aromatic heterocycles. The van der Waals surface area contributed by atoms with E-state index in [-0.39, 0.29) is 24.2 Å². The molecule has 1 aliphatic heterocycles. The molecule has 1 amide bonds. The molecule has 31 heavy (non-hydrogen) atoms. The zero-order chi connectivity index (χ0) is 22.1. The van der Waals surface area contributed by atoms with Crippen LogP contribution in [0.3, 0.4) is 0 Å². The molecular weight excluding hydrogens is 415 g/mol. The van der Waals surface area contributed by atoms with E-state index in [1.807, 2.05) is 4.90 Å². The number of aromatic nitrogens is 4. The number of fused-ring (bicyclic) bond motifs is 1. The van der Waals surface area contributed by atoms with Gasteiger partial charge in [0.15, 0.2) is 11.0 Å². The Bertz CT molecular complexity index is 1080. The number of benzene rings is 1. The van der Waals surface area contributed by atoms with Crippen molar-refractivity contribution in [2.45, 2.75) is 52.5 Å². The Morgan fingerprint density at radius 2 is 2.06 bits per heavy atom. The fraction of sp³-hybridized carbons (Fsp3) is 0.455. The zero-order valence-electron chi connectivity index (χ0n) is 18.1. The maximum atomic E-state index is 13.7. The second-order valence-electron chi connectivity index (χ2n) is 8.03. The van der Waals surface area contributed by atoms with Gasteiger partial charge in [0.2, 0.25) is 5.91 Å². The van der Waals surface area contributed by atoms with Gasteiger partial charge < -0.3 is 10.6 Å². The molecule has 0 saturated heterocycles. The number of hydrogen-bond acceptors (Lipinski definition) is 6. The lowest BCUT2D eigenvalue weighted by Gasteiger charge is -2.21. The average molecular weight is 443 g/mol. The molecule has 0 aliphatic carbocycles. The molecule has 1 atom stereocenters. The molecule has 0 fully saturated rings. The van der Waals surface area contributed by atoms with Crippen molar-refractivity contribution in [3.05, 3.63) is 46.0 Å². The van der Waals surface area contributed by atoms with Crippen molar-refractivity contribution < 1.29 is 9.18 Å². The van der Waals surface area contributed by atoms with Gasteiger partial charge in [0.1, 0.15) is 18.2 Å². The van der Waals surface area contributed by atoms with Gasteiger partial charge >= 0.3 is 0 Å². The minimum absolute atomic E-state index is 0.0133. The van der Waals surface area contributed by atoms with Crippen molar-refractivity contribution in [2.24, 2.45) is 0 Å². The minimum Gasteiger partial charge on any atom is -0.375 e. The largest absolute Gasteiger partial charge is 0.375 e. The van der Waals surface area contributed by atoms with Crippen molar-refractivity contribution in [1.29, 1.82) is 0 Å². The molecule has 7 nitrogen and oxygen atoms in total. The summed E-state index contributed by atoms with van der Waals surface area (Å²) in [6.45, 7) is 7.27. The predicted octanol–water partition coefficient (Wildman–Crippen LogP) is 3.57. The van der Waals surface area contributed by atoms with Crippen LogP contribution in [0, 0.1) is 12.7 Å². The summed E-state index contributed by atoms with van der Waals surface area (Å²) in [6.07, 6.45) is 2.36. The Balaban J connectivity index is 1.55. The molecule has 1 aliphatic rings. The average Bonchev–Trinajstić information content (AvgIpc) is 3.26. The molecule has 3 heterocycles.